The molecule has 0 amide bonds. The summed E-state index contributed by atoms with van der Waals surface area (Å²) in [4.78, 5) is 0. The van der Waals surface area contributed by atoms with Crippen LogP contribution in [-0.2, 0) is 4.57 Å². The van der Waals surface area contributed by atoms with Crippen LogP contribution in [0.3, 0.4) is 0 Å². The molecule has 0 bridgehead atoms. The summed E-state index contributed by atoms with van der Waals surface area (Å²) in [6, 6.07) is 25.5. The van der Waals surface area contributed by atoms with Crippen LogP contribution < -0.4 is 34.8 Å². The van der Waals surface area contributed by atoms with E-state index in [4.69, 9.17) is 0 Å². The monoisotopic (exact) mass is 302 g/mol. The van der Waals surface area contributed by atoms with E-state index in [1.807, 2.05) is 60.7 Å². The zero-order valence-corrected chi connectivity index (χ0v) is 13.1. The van der Waals surface area contributed by atoms with E-state index in [0.29, 0.717) is 15.9 Å². The van der Waals surface area contributed by atoms with Crippen LogP contribution in [0.25, 0.3) is 0 Å². The maximum Gasteiger partial charge on any atom is 1.00 e. The van der Waals surface area contributed by atoms with Crippen LogP contribution in [0.2, 0.25) is 0 Å². The van der Waals surface area contributed by atoms with E-state index in [9.17, 15) is 8.96 Å². The normalized spacial score (nSPS) is 10.8. The van der Waals surface area contributed by atoms with Crippen molar-refractivity contribution in [2.45, 2.75) is 0 Å². The van der Waals surface area contributed by atoms with Crippen molar-refractivity contribution in [2.75, 3.05) is 0 Å². The topological polar surface area (TPSA) is 17.1 Å². The molecule has 0 fully saturated rings. The van der Waals surface area contributed by atoms with Crippen molar-refractivity contribution in [3.63, 3.8) is 0 Å². The summed E-state index contributed by atoms with van der Waals surface area (Å²) in [5.74, 6) is -0.500. The minimum absolute atomic E-state index is 0. The summed E-state index contributed by atoms with van der Waals surface area (Å²) >= 11 is 0. The third-order valence-electron chi connectivity index (χ3n) is 3.32. The van der Waals surface area contributed by atoms with Gasteiger partial charge in [0.25, 0.3) is 0 Å². The molecule has 0 aliphatic carbocycles. The molecule has 0 radical (unpaired) electrons. The molecule has 3 rings (SSSR count). The fourth-order valence-electron chi connectivity index (χ4n) is 2.32. The van der Waals surface area contributed by atoms with E-state index in [1.165, 1.54) is 6.07 Å². The largest absolute Gasteiger partial charge is 1.00 e. The molecule has 0 aromatic heterocycles. The van der Waals surface area contributed by atoms with Crippen molar-refractivity contribution in [3.8, 4) is 0 Å². The van der Waals surface area contributed by atoms with Crippen molar-refractivity contribution < 1.29 is 27.8 Å². The molecular weight excluding hydrogens is 289 g/mol. The second kappa shape index (κ2) is 7.12. The second-order valence-corrected chi connectivity index (χ2v) is 7.40. The molecule has 104 valence electrons. The molecule has 4 heteroatoms. The van der Waals surface area contributed by atoms with E-state index in [1.54, 1.807) is 12.1 Å². The molecule has 0 N–H and O–H groups in total. The van der Waals surface area contributed by atoms with E-state index in [-0.39, 0.29) is 18.9 Å². The third-order valence-corrected chi connectivity index (χ3v) is 6.31. The van der Waals surface area contributed by atoms with Gasteiger partial charge in [-0.25, -0.2) is 4.39 Å². The van der Waals surface area contributed by atoms with Crippen LogP contribution in [0.5, 0.6) is 0 Å². The second-order valence-electron chi connectivity index (χ2n) is 4.66. The summed E-state index contributed by atoms with van der Waals surface area (Å²) in [7, 11) is -3.10. The average molecular weight is 302 g/mol. The van der Waals surface area contributed by atoms with Gasteiger partial charge < -0.3 is 4.57 Å². The Labute approximate surface area is 141 Å². The Balaban J connectivity index is 0.00000176. The Bertz CT molecular complexity index is 747. The van der Waals surface area contributed by atoms with Crippen LogP contribution in [-0.4, -0.2) is 0 Å². The smallest absolute Gasteiger partial charge is 0.311 e. The van der Waals surface area contributed by atoms with Crippen LogP contribution in [0.15, 0.2) is 78.9 Å². The first-order valence-corrected chi connectivity index (χ1v) is 8.31. The number of hydrogen-bond acceptors (Lipinski definition) is 1. The molecule has 0 saturated heterocycles. The minimum atomic E-state index is -3.10. The van der Waals surface area contributed by atoms with Gasteiger partial charge in [-0.05, 0) is 0 Å². The van der Waals surface area contributed by atoms with Gasteiger partial charge in [0.1, 0.15) is 7.14 Å². The molecule has 22 heavy (non-hydrogen) atoms. The van der Waals surface area contributed by atoms with Gasteiger partial charge in [0.2, 0.25) is 0 Å². The van der Waals surface area contributed by atoms with E-state index in [0.717, 1.165) is 0 Å². The quantitative estimate of drug-likeness (QED) is 0.386. The van der Waals surface area contributed by atoms with Crippen LogP contribution in [0, 0.1) is 11.9 Å². The molecule has 3 aromatic carbocycles. The Morgan fingerprint density at radius 1 is 0.727 bits per heavy atom. The fraction of sp³-hybridized carbons (Fsp3) is 0. The Hall–Kier alpha value is -1.58. The van der Waals surface area contributed by atoms with E-state index in [2.05, 4.69) is 6.07 Å². The van der Waals surface area contributed by atoms with Crippen molar-refractivity contribution in [3.05, 3.63) is 90.7 Å². The van der Waals surface area contributed by atoms with Gasteiger partial charge in [-0.2, -0.15) is 12.1 Å². The van der Waals surface area contributed by atoms with Gasteiger partial charge in [0.15, 0.2) is 0 Å². The zero-order chi connectivity index (χ0) is 14.7. The van der Waals surface area contributed by atoms with E-state index >= 15 is 0 Å². The van der Waals surface area contributed by atoms with Gasteiger partial charge in [-0.1, -0.05) is 66.0 Å². The maximum absolute atomic E-state index is 13.8. The number of benzene rings is 3. The van der Waals surface area contributed by atoms with Gasteiger partial charge in [0, 0.05) is 16.4 Å². The molecule has 0 saturated carbocycles. The number of halogens is 1. The van der Waals surface area contributed by atoms with Crippen molar-refractivity contribution in [2.24, 2.45) is 0 Å². The molecule has 0 aliphatic heterocycles. The van der Waals surface area contributed by atoms with E-state index < -0.39 is 13.0 Å². The van der Waals surface area contributed by atoms with Gasteiger partial charge in [-0.15, -0.1) is 12.1 Å². The SMILES string of the molecule is O=P(c1[c-]c(F)ccc1)(c1ccccc1)c1ccccc1.[Li+]. The number of hydrogen-bond donors (Lipinski definition) is 0. The maximum atomic E-state index is 13.8. The first-order chi connectivity index (χ1) is 10.2. The summed E-state index contributed by atoms with van der Waals surface area (Å²) in [6.07, 6.45) is 0. The summed E-state index contributed by atoms with van der Waals surface area (Å²) in [6.45, 7) is 0. The zero-order valence-electron chi connectivity index (χ0n) is 12.2. The molecule has 0 unspecified atom stereocenters. The molecule has 1 nitrogen and oxygen atoms in total. The van der Waals surface area contributed by atoms with Crippen molar-refractivity contribution >= 4 is 23.1 Å². The van der Waals surface area contributed by atoms with Crippen LogP contribution >= 0.6 is 7.14 Å². The van der Waals surface area contributed by atoms with Crippen LogP contribution in [0.4, 0.5) is 4.39 Å². The van der Waals surface area contributed by atoms with Crippen molar-refractivity contribution in [1.29, 1.82) is 0 Å². The predicted octanol–water partition coefficient (Wildman–Crippen LogP) is 0.269. The first kappa shape index (κ1) is 16.8. The van der Waals surface area contributed by atoms with Gasteiger partial charge >= 0.3 is 18.9 Å². The Kier molecular flexibility index (Phi) is 5.43. The standard InChI is InChI=1S/C18H13FOP.Li/c19-15-8-7-13-18(14-15)21(20,16-9-3-1-4-10-16)17-11-5-2-6-12-17;/h1-13H;/q-1;+1. The minimum Gasteiger partial charge on any atom is -0.311 e. The number of rotatable bonds is 3. The Morgan fingerprint density at radius 2 is 1.23 bits per heavy atom. The predicted molar refractivity (Wildman–Crippen MR) is 84.6 cm³/mol. The molecule has 0 aliphatic rings. The van der Waals surface area contributed by atoms with Gasteiger partial charge in [0.05, 0.1) is 0 Å². The summed E-state index contributed by atoms with van der Waals surface area (Å²) in [5.41, 5.74) is 0. The first-order valence-electron chi connectivity index (χ1n) is 6.61. The molecular formula is C18H13FLiOP. The fourth-order valence-corrected chi connectivity index (χ4v) is 4.91. The van der Waals surface area contributed by atoms with Gasteiger partial charge in [-0.3, -0.25) is 0 Å². The summed E-state index contributed by atoms with van der Waals surface area (Å²) in [5, 5.41) is 1.75. The third kappa shape index (κ3) is 3.11. The molecule has 0 atom stereocenters. The molecule has 0 spiro atoms. The average Bonchev–Trinajstić information content (AvgIpc) is 2.56. The molecule has 3 aromatic rings. The molecule has 0 heterocycles. The Morgan fingerprint density at radius 3 is 1.68 bits per heavy atom. The van der Waals surface area contributed by atoms with Crippen molar-refractivity contribution in [1.82, 2.24) is 0 Å². The van der Waals surface area contributed by atoms with Crippen LogP contribution in [0.1, 0.15) is 0 Å². The summed E-state index contributed by atoms with van der Waals surface area (Å²) < 4.78 is 27.3.